The molecule has 1 amide bonds. The molecular weight excluding hydrogens is 542 g/mol. The summed E-state index contributed by atoms with van der Waals surface area (Å²) in [5, 5.41) is 4.08. The third kappa shape index (κ3) is 8.29. The number of hydrazone groups is 1. The molecule has 0 fully saturated rings. The monoisotopic (exact) mass is 571 g/mol. The van der Waals surface area contributed by atoms with E-state index in [-0.39, 0.29) is 10.8 Å². The van der Waals surface area contributed by atoms with Gasteiger partial charge in [-0.15, -0.1) is 0 Å². The SMILES string of the molecule is Cc1ccc(S(=O)(=O)N[C@@H](CC(C)C)C(=O)N/N=C\c2cc(Br)ccc2OCc2ccccc2)cc1. The number of rotatable bonds is 11. The first kappa shape index (κ1) is 27.6. The number of carbonyl (C=O) groups excluding carboxylic acids is 1. The molecule has 0 radical (unpaired) electrons. The lowest BCUT2D eigenvalue weighted by molar-refractivity contribution is -0.123. The molecule has 0 aliphatic carbocycles. The van der Waals surface area contributed by atoms with Gasteiger partial charge in [0.2, 0.25) is 10.0 Å². The van der Waals surface area contributed by atoms with Crippen molar-refractivity contribution in [3.05, 3.63) is 94.0 Å². The van der Waals surface area contributed by atoms with E-state index in [1.165, 1.54) is 18.3 Å². The number of ether oxygens (including phenoxy) is 1. The standard InChI is InChI=1S/C27H30BrN3O4S/c1-19(2)15-25(31-36(33,34)24-12-9-20(3)10-13-24)27(32)30-29-17-22-16-23(28)11-14-26(22)35-18-21-7-5-4-6-8-21/h4-14,16-17,19,25,31H,15,18H2,1-3H3,(H,30,32)/b29-17-/t25-/m0/s1. The van der Waals surface area contributed by atoms with Gasteiger partial charge in [0.05, 0.1) is 11.1 Å². The molecule has 190 valence electrons. The summed E-state index contributed by atoms with van der Waals surface area (Å²) >= 11 is 3.44. The molecule has 3 rings (SSSR count). The minimum Gasteiger partial charge on any atom is -0.488 e. The summed E-state index contributed by atoms with van der Waals surface area (Å²) in [7, 11) is -3.88. The summed E-state index contributed by atoms with van der Waals surface area (Å²) in [5.41, 5.74) is 5.09. The van der Waals surface area contributed by atoms with Gasteiger partial charge in [0, 0.05) is 10.0 Å². The number of hydrogen-bond acceptors (Lipinski definition) is 5. The van der Waals surface area contributed by atoms with Gasteiger partial charge in [-0.3, -0.25) is 4.79 Å². The molecule has 9 heteroatoms. The average Bonchev–Trinajstić information content (AvgIpc) is 2.83. The Bertz CT molecular complexity index is 1290. The average molecular weight is 573 g/mol. The second-order valence-corrected chi connectivity index (χ2v) is 11.4. The van der Waals surface area contributed by atoms with E-state index in [1.54, 1.807) is 12.1 Å². The summed E-state index contributed by atoms with van der Waals surface area (Å²) in [6.07, 6.45) is 1.79. The van der Waals surface area contributed by atoms with Gasteiger partial charge >= 0.3 is 0 Å². The molecule has 0 aliphatic heterocycles. The van der Waals surface area contributed by atoms with Crippen LogP contribution in [0.5, 0.6) is 5.75 Å². The van der Waals surface area contributed by atoms with E-state index in [2.05, 4.69) is 31.2 Å². The van der Waals surface area contributed by atoms with E-state index in [9.17, 15) is 13.2 Å². The normalized spacial score (nSPS) is 12.6. The highest BCUT2D eigenvalue weighted by molar-refractivity contribution is 9.10. The van der Waals surface area contributed by atoms with Gasteiger partial charge in [-0.05, 0) is 55.2 Å². The first-order chi connectivity index (χ1) is 17.1. The second-order valence-electron chi connectivity index (χ2n) is 8.81. The molecule has 1 atom stereocenters. The third-order valence-electron chi connectivity index (χ3n) is 5.24. The topological polar surface area (TPSA) is 96.9 Å². The van der Waals surface area contributed by atoms with Crippen LogP contribution in [0.15, 0.2) is 87.3 Å². The molecule has 36 heavy (non-hydrogen) atoms. The van der Waals surface area contributed by atoms with E-state index in [0.29, 0.717) is 24.3 Å². The van der Waals surface area contributed by atoms with Gasteiger partial charge < -0.3 is 4.74 Å². The molecule has 3 aromatic rings. The molecular formula is C27H30BrN3O4S. The van der Waals surface area contributed by atoms with Gasteiger partial charge in [0.1, 0.15) is 18.4 Å². The smallest absolute Gasteiger partial charge is 0.258 e. The highest BCUT2D eigenvalue weighted by atomic mass is 79.9. The third-order valence-corrected chi connectivity index (χ3v) is 7.22. The molecule has 0 aromatic heterocycles. The van der Waals surface area contributed by atoms with Crippen molar-refractivity contribution in [2.75, 3.05) is 0 Å². The summed E-state index contributed by atoms with van der Waals surface area (Å²) in [5.74, 6) is 0.129. The zero-order chi connectivity index (χ0) is 26.1. The van der Waals surface area contributed by atoms with Gasteiger partial charge in [-0.1, -0.05) is 77.8 Å². The molecule has 0 aliphatic rings. The minimum absolute atomic E-state index is 0.0773. The van der Waals surface area contributed by atoms with Crippen molar-refractivity contribution in [3.63, 3.8) is 0 Å². The molecule has 0 spiro atoms. The van der Waals surface area contributed by atoms with Crippen LogP contribution >= 0.6 is 15.9 Å². The minimum atomic E-state index is -3.88. The molecule has 0 heterocycles. The first-order valence-corrected chi connectivity index (χ1v) is 13.8. The van der Waals surface area contributed by atoms with Crippen molar-refractivity contribution in [1.82, 2.24) is 10.1 Å². The number of carbonyl (C=O) groups is 1. The van der Waals surface area contributed by atoms with E-state index in [0.717, 1.165) is 15.6 Å². The fourth-order valence-corrected chi connectivity index (χ4v) is 4.97. The predicted molar refractivity (Wildman–Crippen MR) is 145 cm³/mol. The second kappa shape index (κ2) is 12.8. The number of benzene rings is 3. The lowest BCUT2D eigenvalue weighted by atomic mass is 10.0. The Balaban J connectivity index is 1.71. The van der Waals surface area contributed by atoms with Crippen LogP contribution in [0.25, 0.3) is 0 Å². The maximum Gasteiger partial charge on any atom is 0.258 e. The largest absolute Gasteiger partial charge is 0.488 e. The van der Waals surface area contributed by atoms with E-state index < -0.39 is 22.0 Å². The van der Waals surface area contributed by atoms with Gasteiger partial charge in [0.15, 0.2) is 0 Å². The summed E-state index contributed by atoms with van der Waals surface area (Å²) in [6.45, 7) is 6.09. The van der Waals surface area contributed by atoms with Crippen molar-refractivity contribution >= 4 is 38.1 Å². The van der Waals surface area contributed by atoms with Crippen molar-refractivity contribution in [1.29, 1.82) is 0 Å². The highest BCUT2D eigenvalue weighted by Gasteiger charge is 2.26. The number of aryl methyl sites for hydroxylation is 1. The van der Waals surface area contributed by atoms with Crippen molar-refractivity contribution < 1.29 is 17.9 Å². The molecule has 0 unspecified atom stereocenters. The highest BCUT2D eigenvalue weighted by Crippen LogP contribution is 2.23. The fourth-order valence-electron chi connectivity index (χ4n) is 3.38. The lowest BCUT2D eigenvalue weighted by Gasteiger charge is -2.19. The number of halogens is 1. The Morgan fingerprint density at radius 2 is 1.75 bits per heavy atom. The van der Waals surface area contributed by atoms with Crippen LogP contribution < -0.4 is 14.9 Å². The quantitative estimate of drug-likeness (QED) is 0.245. The van der Waals surface area contributed by atoms with E-state index in [4.69, 9.17) is 4.74 Å². The predicted octanol–water partition coefficient (Wildman–Crippen LogP) is 5.18. The van der Waals surface area contributed by atoms with Gasteiger partial charge in [-0.25, -0.2) is 13.8 Å². The van der Waals surface area contributed by atoms with Crippen molar-refractivity contribution in [3.8, 4) is 5.75 Å². The zero-order valence-corrected chi connectivity index (χ0v) is 22.8. The molecule has 3 aromatic carbocycles. The Morgan fingerprint density at radius 3 is 2.42 bits per heavy atom. The maximum atomic E-state index is 12.9. The number of amides is 1. The van der Waals surface area contributed by atoms with Crippen molar-refractivity contribution in [2.45, 2.75) is 44.7 Å². The lowest BCUT2D eigenvalue weighted by Crippen LogP contribution is -2.46. The van der Waals surface area contributed by atoms with Crippen LogP contribution in [0, 0.1) is 12.8 Å². The van der Waals surface area contributed by atoms with E-state index in [1.807, 2.05) is 69.3 Å². The first-order valence-electron chi connectivity index (χ1n) is 11.5. The molecule has 7 nitrogen and oxygen atoms in total. The van der Waals surface area contributed by atoms with E-state index >= 15 is 0 Å². The molecule has 0 saturated heterocycles. The Morgan fingerprint density at radius 1 is 1.06 bits per heavy atom. The summed E-state index contributed by atoms with van der Waals surface area (Å²) in [4.78, 5) is 13.0. The maximum absolute atomic E-state index is 12.9. The van der Waals surface area contributed by atoms with Crippen LogP contribution in [0.2, 0.25) is 0 Å². The van der Waals surface area contributed by atoms with Crippen LogP contribution in [0.1, 0.15) is 37.0 Å². The fraction of sp³-hybridized carbons (Fsp3) is 0.259. The Labute approximate surface area is 221 Å². The zero-order valence-electron chi connectivity index (χ0n) is 20.4. The Kier molecular flexibility index (Phi) is 9.81. The number of nitrogens with one attached hydrogen (secondary N) is 2. The molecule has 2 N–H and O–H groups in total. The molecule has 0 bridgehead atoms. The van der Waals surface area contributed by atoms with Crippen molar-refractivity contribution in [2.24, 2.45) is 11.0 Å². The van der Waals surface area contributed by atoms with Crippen LogP contribution in [-0.2, 0) is 21.4 Å². The van der Waals surface area contributed by atoms with Gasteiger partial charge in [0.25, 0.3) is 5.91 Å². The summed E-state index contributed by atoms with van der Waals surface area (Å²) < 4.78 is 35.0. The summed E-state index contributed by atoms with van der Waals surface area (Å²) in [6, 6.07) is 20.7. The van der Waals surface area contributed by atoms with Crippen LogP contribution in [0.4, 0.5) is 0 Å². The number of hydrogen-bond donors (Lipinski definition) is 2. The Hall–Kier alpha value is -3.01. The molecule has 0 saturated carbocycles. The van der Waals surface area contributed by atoms with Crippen LogP contribution in [0.3, 0.4) is 0 Å². The number of sulfonamides is 1. The van der Waals surface area contributed by atoms with Crippen LogP contribution in [-0.4, -0.2) is 26.6 Å². The van der Waals surface area contributed by atoms with Gasteiger partial charge in [-0.2, -0.15) is 9.82 Å². The number of nitrogens with zero attached hydrogens (tertiary/aromatic N) is 1.